The summed E-state index contributed by atoms with van der Waals surface area (Å²) in [7, 11) is 0. The number of ether oxygens (including phenoxy) is 3. The maximum atomic E-state index is 9.83. The average Bonchev–Trinajstić information content (AvgIpc) is 2.54. The molecule has 0 spiro atoms. The van der Waals surface area contributed by atoms with Crippen molar-refractivity contribution in [3.8, 4) is 0 Å². The predicted octanol–water partition coefficient (Wildman–Crippen LogP) is -5.43. The van der Waals surface area contributed by atoms with E-state index in [4.69, 9.17) is 25.1 Å². The van der Waals surface area contributed by atoms with E-state index in [1.54, 1.807) is 0 Å². The Balaban J connectivity index is 1.94. The molecular weight excluding hydrogens is 318 g/mol. The van der Waals surface area contributed by atoms with Crippen LogP contribution >= 0.6 is 0 Å². The van der Waals surface area contributed by atoms with E-state index in [2.05, 4.69) is 0 Å². The third-order valence-corrected chi connectivity index (χ3v) is 4.04. The molecule has 2 fully saturated rings. The fourth-order valence-corrected chi connectivity index (χ4v) is 2.50. The molecule has 11 nitrogen and oxygen atoms in total. The summed E-state index contributed by atoms with van der Waals surface area (Å²) in [6, 6.07) is -1.19. The first-order chi connectivity index (χ1) is 10.8. The van der Waals surface area contributed by atoms with Crippen molar-refractivity contribution >= 4 is 0 Å². The maximum Gasteiger partial charge on any atom is 0.186 e. The van der Waals surface area contributed by atoms with Crippen LogP contribution in [0.1, 0.15) is 0 Å². The minimum absolute atomic E-state index is 0.412. The molecule has 2 saturated heterocycles. The van der Waals surface area contributed by atoms with Gasteiger partial charge in [-0.05, 0) is 0 Å². The summed E-state index contributed by atoms with van der Waals surface area (Å²) in [6.45, 7) is -1.02. The van der Waals surface area contributed by atoms with Gasteiger partial charge >= 0.3 is 0 Å². The lowest BCUT2D eigenvalue weighted by Gasteiger charge is -2.42. The van der Waals surface area contributed by atoms with Crippen molar-refractivity contribution in [2.24, 2.45) is 5.73 Å². The molecule has 0 radical (unpaired) electrons. The van der Waals surface area contributed by atoms with Gasteiger partial charge in [-0.25, -0.2) is 0 Å². The largest absolute Gasteiger partial charge is 0.394 e. The van der Waals surface area contributed by atoms with Crippen LogP contribution in [-0.4, -0.2) is 110 Å². The number of aliphatic hydroxyl groups is 7. The van der Waals surface area contributed by atoms with Crippen molar-refractivity contribution in [2.75, 3.05) is 13.2 Å². The van der Waals surface area contributed by atoms with Crippen LogP contribution < -0.4 is 5.73 Å². The molecular formula is C12H23NO10. The SMILES string of the molecule is N[C@H]1C(O)O[C@H](CO[C@H]2O[C@H](CO)[C@H](O)[C@H](O)[C@H]2O)[C@@H](O)[C@@H]1O. The van der Waals surface area contributed by atoms with Crippen molar-refractivity contribution in [2.45, 2.75) is 61.3 Å². The third-order valence-electron chi connectivity index (χ3n) is 4.04. The maximum absolute atomic E-state index is 9.83. The standard InChI is InChI=1S/C12H23NO10/c13-5-8(17)7(16)4(22-11(5)20)2-21-12-10(19)9(18)6(15)3(1-14)23-12/h3-12,14-20H,1-2,13H2/t3-,4-,5-,6+,7-,8-,9+,10-,11?,12+/m1/s1. The van der Waals surface area contributed by atoms with Crippen LogP contribution in [0.4, 0.5) is 0 Å². The highest BCUT2D eigenvalue weighted by molar-refractivity contribution is 4.92. The summed E-state index contributed by atoms with van der Waals surface area (Å²) >= 11 is 0. The van der Waals surface area contributed by atoms with Crippen LogP contribution in [0.2, 0.25) is 0 Å². The molecule has 0 aromatic carbocycles. The zero-order valence-corrected chi connectivity index (χ0v) is 12.1. The van der Waals surface area contributed by atoms with Gasteiger partial charge in [-0.2, -0.15) is 0 Å². The van der Waals surface area contributed by atoms with Crippen molar-refractivity contribution in [1.82, 2.24) is 0 Å². The van der Waals surface area contributed by atoms with E-state index in [1.165, 1.54) is 0 Å². The molecule has 10 atom stereocenters. The van der Waals surface area contributed by atoms with E-state index in [-0.39, 0.29) is 0 Å². The molecule has 0 aromatic heterocycles. The first-order valence-electron chi connectivity index (χ1n) is 7.15. The van der Waals surface area contributed by atoms with E-state index in [1.807, 2.05) is 0 Å². The second-order valence-corrected chi connectivity index (χ2v) is 5.65. The highest BCUT2D eigenvalue weighted by Crippen LogP contribution is 2.24. The number of nitrogens with two attached hydrogens (primary N) is 1. The Bertz CT molecular complexity index is 385. The van der Waals surface area contributed by atoms with Crippen LogP contribution in [0.25, 0.3) is 0 Å². The lowest BCUT2D eigenvalue weighted by Crippen LogP contribution is -2.63. The van der Waals surface area contributed by atoms with Crippen LogP contribution in [0, 0.1) is 0 Å². The summed E-state index contributed by atoms with van der Waals surface area (Å²) < 4.78 is 15.3. The normalized spacial score (nSPS) is 51.7. The molecule has 2 aliphatic heterocycles. The van der Waals surface area contributed by atoms with Gasteiger partial charge in [-0.15, -0.1) is 0 Å². The Morgan fingerprint density at radius 1 is 0.783 bits per heavy atom. The molecule has 0 aromatic rings. The molecule has 2 rings (SSSR count). The number of aliphatic hydroxyl groups excluding tert-OH is 7. The molecule has 0 saturated carbocycles. The summed E-state index contributed by atoms with van der Waals surface area (Å²) in [6.07, 6.45) is -12.8. The second kappa shape index (κ2) is 7.63. The number of rotatable bonds is 4. The summed E-state index contributed by atoms with van der Waals surface area (Å²) in [5, 5.41) is 67.2. The Morgan fingerprint density at radius 2 is 1.39 bits per heavy atom. The number of hydrogen-bond donors (Lipinski definition) is 8. The average molecular weight is 341 g/mol. The quantitative estimate of drug-likeness (QED) is 0.243. The molecule has 1 unspecified atom stereocenters. The van der Waals surface area contributed by atoms with E-state index in [9.17, 15) is 30.6 Å². The van der Waals surface area contributed by atoms with Gasteiger partial charge in [0.2, 0.25) is 0 Å². The second-order valence-electron chi connectivity index (χ2n) is 5.65. The van der Waals surface area contributed by atoms with Crippen LogP contribution in [-0.2, 0) is 14.2 Å². The minimum Gasteiger partial charge on any atom is -0.394 e. The molecule has 2 heterocycles. The monoisotopic (exact) mass is 341 g/mol. The lowest BCUT2D eigenvalue weighted by atomic mass is 9.97. The Labute approximate surface area is 131 Å². The van der Waals surface area contributed by atoms with Gasteiger partial charge in [0, 0.05) is 0 Å². The van der Waals surface area contributed by atoms with Crippen molar-refractivity contribution < 1.29 is 50.0 Å². The molecule has 23 heavy (non-hydrogen) atoms. The molecule has 2 aliphatic rings. The summed E-state index contributed by atoms with van der Waals surface area (Å²) in [4.78, 5) is 0. The van der Waals surface area contributed by atoms with Crippen molar-refractivity contribution in [3.63, 3.8) is 0 Å². The summed E-state index contributed by atoms with van der Waals surface area (Å²) in [5.41, 5.74) is 5.43. The van der Waals surface area contributed by atoms with Gasteiger partial charge in [0.25, 0.3) is 0 Å². The lowest BCUT2D eigenvalue weighted by molar-refractivity contribution is -0.317. The summed E-state index contributed by atoms with van der Waals surface area (Å²) in [5.74, 6) is 0. The minimum atomic E-state index is -1.61. The van der Waals surface area contributed by atoms with Crippen LogP contribution in [0.5, 0.6) is 0 Å². The van der Waals surface area contributed by atoms with Crippen molar-refractivity contribution in [1.29, 1.82) is 0 Å². The smallest absolute Gasteiger partial charge is 0.186 e. The molecule has 136 valence electrons. The fraction of sp³-hybridized carbons (Fsp3) is 1.00. The zero-order chi connectivity index (χ0) is 17.3. The van der Waals surface area contributed by atoms with E-state index in [0.29, 0.717) is 0 Å². The van der Waals surface area contributed by atoms with Gasteiger partial charge in [0.15, 0.2) is 12.6 Å². The zero-order valence-electron chi connectivity index (χ0n) is 12.1. The van der Waals surface area contributed by atoms with Gasteiger partial charge in [0.05, 0.1) is 19.3 Å². The molecule has 9 N–H and O–H groups in total. The molecule has 11 heteroatoms. The van der Waals surface area contributed by atoms with Crippen LogP contribution in [0.15, 0.2) is 0 Å². The Morgan fingerprint density at radius 3 is 2.00 bits per heavy atom. The van der Waals surface area contributed by atoms with Crippen molar-refractivity contribution in [3.05, 3.63) is 0 Å². The highest BCUT2D eigenvalue weighted by atomic mass is 16.7. The van der Waals surface area contributed by atoms with Gasteiger partial charge in [-0.1, -0.05) is 0 Å². The third kappa shape index (κ3) is 3.81. The first-order valence-corrected chi connectivity index (χ1v) is 7.15. The van der Waals surface area contributed by atoms with E-state index < -0.39 is 74.6 Å². The molecule has 0 aliphatic carbocycles. The Hall–Kier alpha value is -0.440. The highest BCUT2D eigenvalue weighted by Gasteiger charge is 2.46. The van der Waals surface area contributed by atoms with Gasteiger partial charge in [0.1, 0.15) is 42.7 Å². The molecule has 0 amide bonds. The molecule has 0 bridgehead atoms. The van der Waals surface area contributed by atoms with Gasteiger partial charge in [-0.3, -0.25) is 0 Å². The predicted molar refractivity (Wildman–Crippen MR) is 70.6 cm³/mol. The van der Waals surface area contributed by atoms with E-state index >= 15 is 0 Å². The van der Waals surface area contributed by atoms with Crippen LogP contribution in [0.3, 0.4) is 0 Å². The van der Waals surface area contributed by atoms with E-state index in [0.717, 1.165) is 0 Å². The number of hydrogen-bond acceptors (Lipinski definition) is 11. The van der Waals surface area contributed by atoms with Gasteiger partial charge < -0.3 is 55.7 Å². The first kappa shape index (κ1) is 18.9. The Kier molecular flexibility index (Phi) is 6.27. The topological polar surface area (TPSA) is 195 Å². The fourth-order valence-electron chi connectivity index (χ4n) is 2.50.